The number of hydrogen-bond acceptors (Lipinski definition) is 2. The standard InChI is InChI=1S/C16H26N4O/c1-4-9-18-15(21)14-8-6-7-13(11-14)12-20-16(17-3)19-10-5-2/h6-8,11H,4-5,9-10,12H2,1-3H3,(H,18,21)(H2,17,19,20). The second-order valence-corrected chi connectivity index (χ2v) is 4.81. The molecule has 0 saturated heterocycles. The van der Waals surface area contributed by atoms with Gasteiger partial charge in [0.25, 0.3) is 5.91 Å². The van der Waals surface area contributed by atoms with Crippen LogP contribution in [0.25, 0.3) is 0 Å². The predicted molar refractivity (Wildman–Crippen MR) is 87.6 cm³/mol. The van der Waals surface area contributed by atoms with Crippen LogP contribution in [0.2, 0.25) is 0 Å². The number of amides is 1. The third-order valence-electron chi connectivity index (χ3n) is 2.95. The summed E-state index contributed by atoms with van der Waals surface area (Å²) in [5, 5.41) is 9.34. The largest absolute Gasteiger partial charge is 0.356 e. The molecule has 0 unspecified atom stereocenters. The van der Waals surface area contributed by atoms with E-state index < -0.39 is 0 Å². The Bertz CT molecular complexity index is 471. The highest BCUT2D eigenvalue weighted by atomic mass is 16.1. The fourth-order valence-electron chi connectivity index (χ4n) is 1.81. The zero-order valence-electron chi connectivity index (χ0n) is 13.2. The molecule has 0 saturated carbocycles. The minimum atomic E-state index is -0.0211. The van der Waals surface area contributed by atoms with Crippen LogP contribution in [0.15, 0.2) is 29.3 Å². The van der Waals surface area contributed by atoms with Gasteiger partial charge in [-0.2, -0.15) is 0 Å². The Balaban J connectivity index is 2.58. The van der Waals surface area contributed by atoms with Gasteiger partial charge in [-0.05, 0) is 30.5 Å². The smallest absolute Gasteiger partial charge is 0.251 e. The molecule has 1 aromatic rings. The molecular weight excluding hydrogens is 264 g/mol. The Morgan fingerprint density at radius 3 is 2.48 bits per heavy atom. The second kappa shape index (κ2) is 9.80. The zero-order valence-corrected chi connectivity index (χ0v) is 13.2. The number of nitrogens with one attached hydrogen (secondary N) is 3. The van der Waals surface area contributed by atoms with Crippen LogP contribution in [-0.2, 0) is 6.54 Å². The van der Waals surface area contributed by atoms with E-state index in [0.29, 0.717) is 18.7 Å². The summed E-state index contributed by atoms with van der Waals surface area (Å²) in [4.78, 5) is 16.1. The van der Waals surface area contributed by atoms with Crippen LogP contribution in [0.1, 0.15) is 42.6 Å². The summed E-state index contributed by atoms with van der Waals surface area (Å²) in [5.74, 6) is 0.755. The van der Waals surface area contributed by atoms with Gasteiger partial charge in [-0.1, -0.05) is 26.0 Å². The third kappa shape index (κ3) is 6.29. The van der Waals surface area contributed by atoms with Crippen molar-refractivity contribution in [1.82, 2.24) is 16.0 Å². The normalized spacial score (nSPS) is 11.1. The number of aliphatic imine (C=N–C) groups is 1. The second-order valence-electron chi connectivity index (χ2n) is 4.81. The van der Waals surface area contributed by atoms with Crippen molar-refractivity contribution in [2.24, 2.45) is 4.99 Å². The number of hydrogen-bond donors (Lipinski definition) is 3. The summed E-state index contributed by atoms with van der Waals surface area (Å²) in [6.07, 6.45) is 1.99. The van der Waals surface area contributed by atoms with E-state index >= 15 is 0 Å². The van der Waals surface area contributed by atoms with Crippen molar-refractivity contribution in [1.29, 1.82) is 0 Å². The van der Waals surface area contributed by atoms with Crippen LogP contribution in [-0.4, -0.2) is 32.0 Å². The van der Waals surface area contributed by atoms with E-state index in [2.05, 4.69) is 27.9 Å². The van der Waals surface area contributed by atoms with Crippen molar-refractivity contribution in [3.8, 4) is 0 Å². The summed E-state index contributed by atoms with van der Waals surface area (Å²) in [5.41, 5.74) is 1.75. The summed E-state index contributed by atoms with van der Waals surface area (Å²) in [6, 6.07) is 7.64. The topological polar surface area (TPSA) is 65.5 Å². The number of guanidine groups is 1. The van der Waals surface area contributed by atoms with E-state index in [1.807, 2.05) is 31.2 Å². The maximum Gasteiger partial charge on any atom is 0.251 e. The molecule has 5 nitrogen and oxygen atoms in total. The number of carbonyl (C=O) groups excluding carboxylic acids is 1. The Morgan fingerprint density at radius 2 is 1.81 bits per heavy atom. The van der Waals surface area contributed by atoms with Crippen molar-refractivity contribution >= 4 is 11.9 Å². The van der Waals surface area contributed by atoms with E-state index in [4.69, 9.17) is 0 Å². The van der Waals surface area contributed by atoms with Crippen LogP contribution in [0, 0.1) is 0 Å². The van der Waals surface area contributed by atoms with Crippen LogP contribution < -0.4 is 16.0 Å². The minimum Gasteiger partial charge on any atom is -0.356 e. The molecule has 0 aromatic heterocycles. The lowest BCUT2D eigenvalue weighted by molar-refractivity contribution is 0.0953. The average Bonchev–Trinajstić information content (AvgIpc) is 2.53. The first-order chi connectivity index (χ1) is 10.2. The van der Waals surface area contributed by atoms with Gasteiger partial charge in [-0.25, -0.2) is 0 Å². The van der Waals surface area contributed by atoms with Gasteiger partial charge in [0.1, 0.15) is 0 Å². The zero-order chi connectivity index (χ0) is 15.5. The lowest BCUT2D eigenvalue weighted by Crippen LogP contribution is -2.37. The fourth-order valence-corrected chi connectivity index (χ4v) is 1.81. The molecule has 0 spiro atoms. The summed E-state index contributed by atoms with van der Waals surface area (Å²) in [7, 11) is 1.75. The molecule has 0 fully saturated rings. The molecule has 0 heterocycles. The average molecular weight is 290 g/mol. The van der Waals surface area contributed by atoms with Crippen LogP contribution in [0.5, 0.6) is 0 Å². The van der Waals surface area contributed by atoms with Crippen LogP contribution >= 0.6 is 0 Å². The predicted octanol–water partition coefficient (Wildman–Crippen LogP) is 1.90. The molecule has 0 aliphatic carbocycles. The molecule has 3 N–H and O–H groups in total. The highest BCUT2D eigenvalue weighted by Gasteiger charge is 2.05. The van der Waals surface area contributed by atoms with Gasteiger partial charge in [-0.15, -0.1) is 0 Å². The first-order valence-corrected chi connectivity index (χ1v) is 7.52. The Labute approximate surface area is 127 Å². The van der Waals surface area contributed by atoms with Gasteiger partial charge < -0.3 is 16.0 Å². The van der Waals surface area contributed by atoms with Crippen molar-refractivity contribution in [3.05, 3.63) is 35.4 Å². The lowest BCUT2D eigenvalue weighted by atomic mass is 10.1. The monoisotopic (exact) mass is 290 g/mol. The number of nitrogens with zero attached hydrogens (tertiary/aromatic N) is 1. The molecule has 0 aliphatic heterocycles. The van der Waals surface area contributed by atoms with Crippen molar-refractivity contribution < 1.29 is 4.79 Å². The highest BCUT2D eigenvalue weighted by molar-refractivity contribution is 5.94. The molecule has 21 heavy (non-hydrogen) atoms. The van der Waals surface area contributed by atoms with E-state index in [1.165, 1.54) is 0 Å². The molecule has 0 bridgehead atoms. The SMILES string of the molecule is CCCNC(=O)c1cccc(CNC(=NC)NCCC)c1. The first-order valence-electron chi connectivity index (χ1n) is 7.52. The third-order valence-corrected chi connectivity index (χ3v) is 2.95. The van der Waals surface area contributed by atoms with Gasteiger partial charge in [0.05, 0.1) is 0 Å². The fraction of sp³-hybridized carbons (Fsp3) is 0.500. The summed E-state index contributed by atoms with van der Waals surface area (Å²) < 4.78 is 0. The van der Waals surface area contributed by atoms with Crippen molar-refractivity contribution in [2.45, 2.75) is 33.2 Å². The molecular formula is C16H26N4O. The van der Waals surface area contributed by atoms with Crippen molar-refractivity contribution in [3.63, 3.8) is 0 Å². The molecule has 0 atom stereocenters. The van der Waals surface area contributed by atoms with Gasteiger partial charge in [0.2, 0.25) is 0 Å². The van der Waals surface area contributed by atoms with Crippen molar-refractivity contribution in [2.75, 3.05) is 20.1 Å². The molecule has 5 heteroatoms. The molecule has 1 rings (SSSR count). The Morgan fingerprint density at radius 1 is 1.10 bits per heavy atom. The first kappa shape index (κ1) is 17.0. The Kier molecular flexibility index (Phi) is 7.94. The van der Waals surface area contributed by atoms with Gasteiger partial charge in [0.15, 0.2) is 5.96 Å². The van der Waals surface area contributed by atoms with Gasteiger partial charge in [-0.3, -0.25) is 9.79 Å². The maximum atomic E-state index is 11.9. The molecule has 0 radical (unpaired) electrons. The number of carbonyl (C=O) groups is 1. The lowest BCUT2D eigenvalue weighted by Gasteiger charge is -2.11. The molecule has 0 aliphatic rings. The quantitative estimate of drug-likeness (QED) is 0.531. The minimum absolute atomic E-state index is 0.0211. The molecule has 1 aromatic carbocycles. The van der Waals surface area contributed by atoms with E-state index in [0.717, 1.165) is 30.9 Å². The summed E-state index contributed by atoms with van der Waals surface area (Å²) >= 11 is 0. The van der Waals surface area contributed by atoms with E-state index in [1.54, 1.807) is 7.05 Å². The number of rotatable bonds is 7. The van der Waals surface area contributed by atoms with Gasteiger partial charge >= 0.3 is 0 Å². The van der Waals surface area contributed by atoms with Crippen LogP contribution in [0.4, 0.5) is 0 Å². The molecule has 1 amide bonds. The van der Waals surface area contributed by atoms with E-state index in [9.17, 15) is 4.79 Å². The van der Waals surface area contributed by atoms with Crippen LogP contribution in [0.3, 0.4) is 0 Å². The Hall–Kier alpha value is -2.04. The highest BCUT2D eigenvalue weighted by Crippen LogP contribution is 2.05. The van der Waals surface area contributed by atoms with E-state index in [-0.39, 0.29) is 5.91 Å². The maximum absolute atomic E-state index is 11.9. The molecule has 116 valence electrons. The number of benzene rings is 1. The van der Waals surface area contributed by atoms with Gasteiger partial charge in [0, 0.05) is 32.2 Å². The summed E-state index contributed by atoms with van der Waals surface area (Å²) in [6.45, 7) is 6.38.